The van der Waals surface area contributed by atoms with Crippen LogP contribution in [0.4, 0.5) is 5.69 Å². The van der Waals surface area contributed by atoms with Crippen molar-refractivity contribution in [2.45, 2.75) is 26.3 Å². The summed E-state index contributed by atoms with van der Waals surface area (Å²) >= 11 is 0. The van der Waals surface area contributed by atoms with Crippen molar-refractivity contribution >= 4 is 11.6 Å². The lowest BCUT2D eigenvalue weighted by Gasteiger charge is -2.15. The molecule has 0 bridgehead atoms. The molecule has 1 rings (SSSR count). The second-order valence-corrected chi connectivity index (χ2v) is 4.89. The van der Waals surface area contributed by atoms with Crippen LogP contribution in [0.3, 0.4) is 0 Å². The summed E-state index contributed by atoms with van der Waals surface area (Å²) in [5.41, 5.74) is 6.48. The molecule has 0 radical (unpaired) electrons. The number of rotatable bonds is 8. The van der Waals surface area contributed by atoms with Crippen LogP contribution in [0.1, 0.15) is 20.3 Å². The molecule has 20 heavy (non-hydrogen) atoms. The smallest absolute Gasteiger partial charge is 0.225 e. The molecule has 1 atom stereocenters. The Morgan fingerprint density at radius 2 is 2.15 bits per heavy atom. The first-order valence-electron chi connectivity index (χ1n) is 6.66. The van der Waals surface area contributed by atoms with Gasteiger partial charge in [0.25, 0.3) is 0 Å². The highest BCUT2D eigenvalue weighted by atomic mass is 16.5. The zero-order valence-electron chi connectivity index (χ0n) is 12.3. The van der Waals surface area contributed by atoms with E-state index in [-0.39, 0.29) is 17.9 Å². The number of anilines is 1. The van der Waals surface area contributed by atoms with Gasteiger partial charge >= 0.3 is 0 Å². The van der Waals surface area contributed by atoms with Crippen molar-refractivity contribution in [1.82, 2.24) is 4.98 Å². The first kappa shape index (κ1) is 16.4. The third kappa shape index (κ3) is 5.99. The molecule has 1 heterocycles. The van der Waals surface area contributed by atoms with Crippen molar-refractivity contribution in [3.8, 4) is 5.88 Å². The van der Waals surface area contributed by atoms with Crippen molar-refractivity contribution < 1.29 is 14.3 Å². The highest BCUT2D eigenvalue weighted by Crippen LogP contribution is 2.12. The first-order chi connectivity index (χ1) is 9.52. The molecule has 0 saturated heterocycles. The molecule has 0 aliphatic heterocycles. The van der Waals surface area contributed by atoms with Gasteiger partial charge in [-0.3, -0.25) is 4.79 Å². The summed E-state index contributed by atoms with van der Waals surface area (Å²) in [6, 6.07) is 3.31. The number of carbonyl (C=O) groups is 1. The monoisotopic (exact) mass is 281 g/mol. The minimum atomic E-state index is -0.139. The van der Waals surface area contributed by atoms with Crippen LogP contribution in [-0.2, 0) is 9.53 Å². The average molecular weight is 281 g/mol. The fourth-order valence-corrected chi connectivity index (χ4v) is 1.43. The van der Waals surface area contributed by atoms with E-state index in [2.05, 4.69) is 10.3 Å². The van der Waals surface area contributed by atoms with Crippen LogP contribution < -0.4 is 15.8 Å². The van der Waals surface area contributed by atoms with E-state index in [9.17, 15) is 4.79 Å². The van der Waals surface area contributed by atoms with Gasteiger partial charge in [0.2, 0.25) is 11.8 Å². The van der Waals surface area contributed by atoms with Gasteiger partial charge in [-0.05, 0) is 12.0 Å². The van der Waals surface area contributed by atoms with E-state index in [1.54, 1.807) is 25.4 Å². The van der Waals surface area contributed by atoms with Gasteiger partial charge in [0.15, 0.2) is 0 Å². The summed E-state index contributed by atoms with van der Waals surface area (Å²) in [6.07, 6.45) is 1.85. The number of methoxy groups -OCH3 is 1. The molecule has 0 aliphatic carbocycles. The Hall–Kier alpha value is -1.66. The summed E-state index contributed by atoms with van der Waals surface area (Å²) < 4.78 is 10.2. The Balaban J connectivity index is 2.42. The zero-order chi connectivity index (χ0) is 15.0. The number of hydrogen-bond donors (Lipinski definition) is 2. The van der Waals surface area contributed by atoms with Gasteiger partial charge < -0.3 is 20.5 Å². The third-order valence-corrected chi connectivity index (χ3v) is 2.83. The fourth-order valence-electron chi connectivity index (χ4n) is 1.43. The summed E-state index contributed by atoms with van der Waals surface area (Å²) in [5, 5.41) is 2.76. The second-order valence-electron chi connectivity index (χ2n) is 4.89. The van der Waals surface area contributed by atoms with Crippen LogP contribution in [0.15, 0.2) is 18.3 Å². The maximum atomic E-state index is 11.8. The Kier molecular flexibility index (Phi) is 6.97. The van der Waals surface area contributed by atoms with Crippen molar-refractivity contribution in [1.29, 1.82) is 0 Å². The summed E-state index contributed by atoms with van der Waals surface area (Å²) in [4.78, 5) is 15.9. The second kappa shape index (κ2) is 8.50. The highest BCUT2D eigenvalue weighted by molar-refractivity contribution is 5.90. The largest absolute Gasteiger partial charge is 0.475 e. The van der Waals surface area contributed by atoms with Gasteiger partial charge in [-0.1, -0.05) is 13.8 Å². The molecule has 0 spiro atoms. The molecule has 1 unspecified atom stereocenters. The molecule has 0 fully saturated rings. The van der Waals surface area contributed by atoms with Gasteiger partial charge in [0, 0.05) is 25.6 Å². The predicted molar refractivity (Wildman–Crippen MR) is 77.7 cm³/mol. The molecule has 3 N–H and O–H groups in total. The minimum absolute atomic E-state index is 0.110. The standard InChI is InChI=1S/C14H23N3O3/c1-10(2)12(15)8-13(18)17-11-4-5-14(16-9-11)20-7-6-19-3/h4-5,9-10,12H,6-8,15H2,1-3H3,(H,17,18). The maximum absolute atomic E-state index is 11.8. The molecule has 0 aromatic carbocycles. The number of amides is 1. The van der Waals surface area contributed by atoms with Crippen LogP contribution >= 0.6 is 0 Å². The molecular formula is C14H23N3O3. The number of ether oxygens (including phenoxy) is 2. The van der Waals surface area contributed by atoms with Gasteiger partial charge in [-0.15, -0.1) is 0 Å². The highest BCUT2D eigenvalue weighted by Gasteiger charge is 2.13. The molecule has 1 aromatic rings. The molecule has 0 saturated carbocycles. The minimum Gasteiger partial charge on any atom is -0.475 e. The molecule has 1 aromatic heterocycles. The molecular weight excluding hydrogens is 258 g/mol. The van der Waals surface area contributed by atoms with Crippen molar-refractivity contribution in [3.05, 3.63) is 18.3 Å². The number of aromatic nitrogens is 1. The quantitative estimate of drug-likeness (QED) is 0.704. The summed E-state index contributed by atoms with van der Waals surface area (Å²) in [5.74, 6) is 0.662. The van der Waals surface area contributed by atoms with Crippen LogP contribution in [0, 0.1) is 5.92 Å². The Labute approximate surface area is 119 Å². The van der Waals surface area contributed by atoms with Crippen LogP contribution in [0.5, 0.6) is 5.88 Å². The van der Waals surface area contributed by atoms with Gasteiger partial charge in [-0.2, -0.15) is 0 Å². The van der Waals surface area contributed by atoms with E-state index in [0.29, 0.717) is 31.2 Å². The van der Waals surface area contributed by atoms with Gasteiger partial charge in [0.05, 0.1) is 18.5 Å². The van der Waals surface area contributed by atoms with Gasteiger partial charge in [0.1, 0.15) is 6.61 Å². The van der Waals surface area contributed by atoms with Crippen molar-refractivity contribution in [3.63, 3.8) is 0 Å². The molecule has 6 nitrogen and oxygen atoms in total. The predicted octanol–water partition coefficient (Wildman–Crippen LogP) is 1.42. The molecule has 112 valence electrons. The van der Waals surface area contributed by atoms with Crippen LogP contribution in [0.2, 0.25) is 0 Å². The number of pyridine rings is 1. The Bertz CT molecular complexity index is 407. The zero-order valence-corrected chi connectivity index (χ0v) is 12.3. The number of nitrogens with one attached hydrogen (secondary N) is 1. The van der Waals surface area contributed by atoms with E-state index in [0.717, 1.165) is 0 Å². The van der Waals surface area contributed by atoms with Crippen molar-refractivity contribution in [2.75, 3.05) is 25.6 Å². The summed E-state index contributed by atoms with van der Waals surface area (Å²) in [7, 11) is 1.61. The first-order valence-corrected chi connectivity index (χ1v) is 6.66. The normalized spacial score (nSPS) is 12.2. The lowest BCUT2D eigenvalue weighted by atomic mass is 10.0. The number of nitrogens with zero attached hydrogens (tertiary/aromatic N) is 1. The topological polar surface area (TPSA) is 86.5 Å². The summed E-state index contributed by atoms with van der Waals surface area (Å²) in [6.45, 7) is 4.93. The third-order valence-electron chi connectivity index (χ3n) is 2.83. The molecule has 6 heteroatoms. The molecule has 1 amide bonds. The average Bonchev–Trinajstić information content (AvgIpc) is 2.40. The number of carbonyl (C=O) groups excluding carboxylic acids is 1. The number of hydrogen-bond acceptors (Lipinski definition) is 5. The van der Waals surface area contributed by atoms with Gasteiger partial charge in [-0.25, -0.2) is 4.98 Å². The van der Waals surface area contributed by atoms with Crippen molar-refractivity contribution in [2.24, 2.45) is 11.7 Å². The van der Waals surface area contributed by atoms with E-state index in [1.165, 1.54) is 0 Å². The SMILES string of the molecule is COCCOc1ccc(NC(=O)CC(N)C(C)C)cn1. The Morgan fingerprint density at radius 1 is 1.40 bits per heavy atom. The van der Waals surface area contributed by atoms with E-state index < -0.39 is 0 Å². The van der Waals surface area contributed by atoms with E-state index in [4.69, 9.17) is 15.2 Å². The lowest BCUT2D eigenvalue weighted by molar-refractivity contribution is -0.116. The lowest BCUT2D eigenvalue weighted by Crippen LogP contribution is -2.31. The number of nitrogens with two attached hydrogens (primary N) is 1. The van der Waals surface area contributed by atoms with E-state index in [1.807, 2.05) is 13.8 Å². The van der Waals surface area contributed by atoms with Crippen LogP contribution in [-0.4, -0.2) is 37.3 Å². The Morgan fingerprint density at radius 3 is 2.70 bits per heavy atom. The molecule has 0 aliphatic rings. The van der Waals surface area contributed by atoms with E-state index >= 15 is 0 Å². The van der Waals surface area contributed by atoms with Crippen LogP contribution in [0.25, 0.3) is 0 Å². The fraction of sp³-hybridized carbons (Fsp3) is 0.571. The maximum Gasteiger partial charge on any atom is 0.225 e.